The third-order valence-electron chi connectivity index (χ3n) is 13.7. The minimum Gasteiger partial charge on any atom is -0.462 e. The van der Waals surface area contributed by atoms with Crippen LogP contribution in [0.3, 0.4) is 0 Å². The van der Waals surface area contributed by atoms with E-state index in [0.717, 1.165) is 116 Å². The van der Waals surface area contributed by atoms with Crippen molar-refractivity contribution in [1.82, 2.24) is 0 Å². The summed E-state index contributed by atoms with van der Waals surface area (Å²) >= 11 is 0. The number of allylic oxidation sites excluding steroid dienone is 27. The summed E-state index contributed by atoms with van der Waals surface area (Å²) in [6.45, 7) is 6.28. The smallest absolute Gasteiger partial charge is 0.309 e. The van der Waals surface area contributed by atoms with Crippen molar-refractivity contribution in [3.05, 3.63) is 170 Å². The largest absolute Gasteiger partial charge is 0.462 e. The highest BCUT2D eigenvalue weighted by Gasteiger charge is 2.19. The lowest BCUT2D eigenvalue weighted by atomic mass is 10.0. The SMILES string of the molecule is CC/C=C\C/C=C\C/C=C\C/C=C\C/C=C\C/C=C\CCCCC(=O)OC(COC(=O)C/C=C\C/C=C\C/C=C\C/C=C\C/C=C\CC)COC(=O)CCCCCCCCCCCCCCCC/C=C\C/C=C\C/C=C\CCCCCCC. The molecule has 0 aliphatic heterocycles. The van der Waals surface area contributed by atoms with Crippen molar-refractivity contribution in [1.29, 1.82) is 0 Å². The number of carbonyl (C=O) groups excluding carboxylic acids is 3. The van der Waals surface area contributed by atoms with E-state index in [0.29, 0.717) is 12.8 Å². The van der Waals surface area contributed by atoms with Gasteiger partial charge in [0.05, 0.1) is 6.42 Å². The van der Waals surface area contributed by atoms with Crippen molar-refractivity contribution < 1.29 is 28.6 Å². The molecule has 0 fully saturated rings. The fraction of sp³-hybridized carbons (Fsp3) is 0.597. The van der Waals surface area contributed by atoms with Crippen molar-refractivity contribution in [2.24, 2.45) is 0 Å². The molecule has 0 aromatic heterocycles. The Morgan fingerprint density at radius 2 is 0.518 bits per heavy atom. The zero-order valence-corrected chi connectivity index (χ0v) is 53.4. The molecule has 0 bridgehead atoms. The number of esters is 3. The second kappa shape index (κ2) is 69.3. The Hall–Kier alpha value is -5.23. The van der Waals surface area contributed by atoms with Gasteiger partial charge in [-0.15, -0.1) is 0 Å². The second-order valence-electron chi connectivity index (χ2n) is 21.6. The van der Waals surface area contributed by atoms with Gasteiger partial charge in [0, 0.05) is 12.8 Å². The zero-order valence-electron chi connectivity index (χ0n) is 53.4. The van der Waals surface area contributed by atoms with Crippen LogP contribution in [0, 0.1) is 0 Å². The Morgan fingerprint density at radius 1 is 0.265 bits per heavy atom. The molecule has 0 aromatic carbocycles. The first kappa shape index (κ1) is 77.8. The maximum absolute atomic E-state index is 12.9. The Bertz CT molecular complexity index is 1890. The highest BCUT2D eigenvalue weighted by molar-refractivity contribution is 5.72. The van der Waals surface area contributed by atoms with Gasteiger partial charge in [-0.25, -0.2) is 0 Å². The summed E-state index contributed by atoms with van der Waals surface area (Å²) in [6.07, 6.45) is 103. The van der Waals surface area contributed by atoms with Gasteiger partial charge < -0.3 is 14.2 Å². The lowest BCUT2D eigenvalue weighted by Crippen LogP contribution is -2.30. The first-order chi connectivity index (χ1) is 41.0. The van der Waals surface area contributed by atoms with Crippen LogP contribution in [0.15, 0.2) is 170 Å². The van der Waals surface area contributed by atoms with Crippen LogP contribution in [0.4, 0.5) is 0 Å². The average molecular weight is 1140 g/mol. The van der Waals surface area contributed by atoms with E-state index in [4.69, 9.17) is 14.2 Å². The number of hydrogen-bond donors (Lipinski definition) is 0. The summed E-state index contributed by atoms with van der Waals surface area (Å²) in [5.74, 6) is -1.11. The summed E-state index contributed by atoms with van der Waals surface area (Å²) in [5.41, 5.74) is 0. The fourth-order valence-corrected chi connectivity index (χ4v) is 8.76. The number of carbonyl (C=O) groups is 3. The number of rotatable bonds is 59. The summed E-state index contributed by atoms with van der Waals surface area (Å²) in [7, 11) is 0. The van der Waals surface area contributed by atoms with E-state index in [2.05, 4.69) is 179 Å². The van der Waals surface area contributed by atoms with Crippen LogP contribution in [0.25, 0.3) is 0 Å². The van der Waals surface area contributed by atoms with E-state index in [9.17, 15) is 14.4 Å². The summed E-state index contributed by atoms with van der Waals surface area (Å²) < 4.78 is 16.8. The molecule has 6 nitrogen and oxygen atoms in total. The van der Waals surface area contributed by atoms with Crippen LogP contribution in [-0.4, -0.2) is 37.2 Å². The lowest BCUT2D eigenvalue weighted by Gasteiger charge is -2.18. The van der Waals surface area contributed by atoms with Crippen molar-refractivity contribution in [2.75, 3.05) is 13.2 Å². The molecule has 0 heterocycles. The summed E-state index contributed by atoms with van der Waals surface area (Å²) in [6, 6.07) is 0. The molecule has 0 N–H and O–H groups in total. The van der Waals surface area contributed by atoms with Gasteiger partial charge >= 0.3 is 17.9 Å². The molecule has 0 spiro atoms. The van der Waals surface area contributed by atoms with E-state index in [1.165, 1.54) is 116 Å². The van der Waals surface area contributed by atoms with Gasteiger partial charge in [0.1, 0.15) is 13.2 Å². The second-order valence-corrected chi connectivity index (χ2v) is 21.6. The molecule has 0 aromatic rings. The maximum atomic E-state index is 12.9. The van der Waals surface area contributed by atoms with Crippen molar-refractivity contribution in [2.45, 2.75) is 284 Å². The van der Waals surface area contributed by atoms with Crippen molar-refractivity contribution in [3.63, 3.8) is 0 Å². The first-order valence-corrected chi connectivity index (χ1v) is 33.6. The van der Waals surface area contributed by atoms with Gasteiger partial charge in [0.2, 0.25) is 0 Å². The molecule has 6 heteroatoms. The molecule has 0 radical (unpaired) electrons. The van der Waals surface area contributed by atoms with Crippen LogP contribution < -0.4 is 0 Å². The normalized spacial score (nSPS) is 13.2. The van der Waals surface area contributed by atoms with Crippen LogP contribution in [-0.2, 0) is 28.6 Å². The quantitative estimate of drug-likeness (QED) is 0.0261. The third-order valence-corrected chi connectivity index (χ3v) is 13.7. The Kier molecular flexibility index (Phi) is 64.9. The first-order valence-electron chi connectivity index (χ1n) is 33.6. The van der Waals surface area contributed by atoms with E-state index in [1.54, 1.807) is 6.08 Å². The molecule has 1 unspecified atom stereocenters. The van der Waals surface area contributed by atoms with Crippen LogP contribution in [0.1, 0.15) is 278 Å². The Balaban J connectivity index is 4.45. The molecule has 0 saturated carbocycles. The molecule has 0 amide bonds. The topological polar surface area (TPSA) is 78.9 Å². The van der Waals surface area contributed by atoms with Crippen molar-refractivity contribution >= 4 is 17.9 Å². The van der Waals surface area contributed by atoms with Gasteiger partial charge in [-0.05, 0) is 135 Å². The average Bonchev–Trinajstić information content (AvgIpc) is 3.49. The molecule has 83 heavy (non-hydrogen) atoms. The van der Waals surface area contributed by atoms with E-state index >= 15 is 0 Å². The van der Waals surface area contributed by atoms with Crippen LogP contribution >= 0.6 is 0 Å². The van der Waals surface area contributed by atoms with Crippen LogP contribution in [0.2, 0.25) is 0 Å². The van der Waals surface area contributed by atoms with Gasteiger partial charge in [-0.2, -0.15) is 0 Å². The standard InChI is InChI=1S/C77H122O6/c1-4-7-10-13-16-19-22-25-28-30-32-34-35-36-37-38-39-40-41-43-44-46-49-52-55-58-61-64-67-70-76(79)82-73-74(72-81-75(78)69-66-63-60-57-54-51-48-27-24-21-18-15-12-9-6-3)83-77(80)71-68-65-62-59-56-53-50-47-45-42-33-31-29-26-23-20-17-14-11-8-5-2/h8-9,11-12,17-18,20-22,25-27,29-30,32-33,35-36,42,47-48,50,54,56-57,59,63,66,74H,4-7,10,13-16,19,23-24,28,31,34,37-41,43-46,49,51-53,55,58,60-62,64-65,67-73H2,1-3H3/b11-8-,12-9-,20-17-,21-18-,25-22-,29-26-,32-30-,36-35-,42-33-,48-27-,50-47-,57-54-,59-56-,66-63-. The number of unbranched alkanes of at least 4 members (excludes halogenated alkanes) is 21. The summed E-state index contributed by atoms with van der Waals surface area (Å²) in [5, 5.41) is 0. The third kappa shape index (κ3) is 67.4. The van der Waals surface area contributed by atoms with E-state index in [-0.39, 0.29) is 38.0 Å². The van der Waals surface area contributed by atoms with Gasteiger partial charge in [-0.3, -0.25) is 14.4 Å². The highest BCUT2D eigenvalue weighted by atomic mass is 16.6. The number of hydrogen-bond acceptors (Lipinski definition) is 6. The Morgan fingerprint density at radius 3 is 0.867 bits per heavy atom. The van der Waals surface area contributed by atoms with Gasteiger partial charge in [-0.1, -0.05) is 294 Å². The molecule has 0 aliphatic rings. The minimum atomic E-state index is -0.852. The molecular weight excluding hydrogens is 1020 g/mol. The predicted molar refractivity (Wildman–Crippen MR) is 361 cm³/mol. The summed E-state index contributed by atoms with van der Waals surface area (Å²) in [4.78, 5) is 38.3. The van der Waals surface area contributed by atoms with Gasteiger partial charge in [0.15, 0.2) is 6.10 Å². The predicted octanol–water partition coefficient (Wildman–Crippen LogP) is 23.4. The molecule has 0 aliphatic carbocycles. The fourth-order valence-electron chi connectivity index (χ4n) is 8.76. The molecular formula is C77H122O6. The monoisotopic (exact) mass is 1140 g/mol. The highest BCUT2D eigenvalue weighted by Crippen LogP contribution is 2.15. The van der Waals surface area contributed by atoms with E-state index in [1.807, 2.05) is 6.08 Å². The number of ether oxygens (including phenoxy) is 3. The minimum absolute atomic E-state index is 0.110. The van der Waals surface area contributed by atoms with Crippen LogP contribution in [0.5, 0.6) is 0 Å². The lowest BCUT2D eigenvalue weighted by molar-refractivity contribution is -0.166. The molecule has 466 valence electrons. The molecule has 0 rings (SSSR count). The zero-order chi connectivity index (χ0) is 59.9. The Labute approximate surface area is 511 Å². The molecule has 0 saturated heterocycles. The van der Waals surface area contributed by atoms with E-state index < -0.39 is 12.1 Å². The van der Waals surface area contributed by atoms with Gasteiger partial charge in [0.25, 0.3) is 0 Å². The van der Waals surface area contributed by atoms with Crippen molar-refractivity contribution in [3.8, 4) is 0 Å². The maximum Gasteiger partial charge on any atom is 0.309 e. The molecule has 1 atom stereocenters.